The van der Waals surface area contributed by atoms with Gasteiger partial charge in [0.1, 0.15) is 0 Å². The number of carbonyl (C=O) groups is 1. The van der Waals surface area contributed by atoms with Gasteiger partial charge in [-0.05, 0) is 31.8 Å². The molecule has 0 aromatic heterocycles. The smallest absolute Gasteiger partial charge is 0.162 e. The van der Waals surface area contributed by atoms with Crippen molar-refractivity contribution in [3.63, 3.8) is 0 Å². The molecule has 3 rings (SSSR count). The van der Waals surface area contributed by atoms with Gasteiger partial charge in [-0.1, -0.05) is 18.9 Å². The first-order valence-electron chi connectivity index (χ1n) is 5.03. The molecule has 2 saturated carbocycles. The zero-order valence-corrected chi connectivity index (χ0v) is 7.31. The van der Waals surface area contributed by atoms with E-state index in [0.29, 0.717) is 11.2 Å². The van der Waals surface area contributed by atoms with E-state index < -0.39 is 0 Å². The van der Waals surface area contributed by atoms with Crippen LogP contribution in [0.1, 0.15) is 38.5 Å². The molecule has 3 aliphatic carbocycles. The summed E-state index contributed by atoms with van der Waals surface area (Å²) in [5.74, 6) is 0.438. The molecule has 0 spiro atoms. The fraction of sp³-hybridized carbons (Fsp3) is 0.727. The summed E-state index contributed by atoms with van der Waals surface area (Å²) in [7, 11) is 0. The molecule has 3 aliphatic rings. The van der Waals surface area contributed by atoms with Crippen LogP contribution in [0.5, 0.6) is 0 Å². The molecule has 2 atom stereocenters. The lowest BCUT2D eigenvalue weighted by Crippen LogP contribution is -2.53. The Balaban J connectivity index is 2.08. The summed E-state index contributed by atoms with van der Waals surface area (Å²) in [5.41, 5.74) is 0.466. The first kappa shape index (κ1) is 6.88. The highest BCUT2D eigenvalue weighted by atomic mass is 16.1. The van der Waals surface area contributed by atoms with Gasteiger partial charge >= 0.3 is 0 Å². The lowest BCUT2D eigenvalue weighted by atomic mass is 9.45. The number of ketones is 1. The van der Waals surface area contributed by atoms with Crippen LogP contribution in [0.2, 0.25) is 0 Å². The van der Waals surface area contributed by atoms with E-state index in [1.807, 2.05) is 6.08 Å². The van der Waals surface area contributed by atoms with Gasteiger partial charge in [0.05, 0.1) is 0 Å². The third-order valence-corrected chi connectivity index (χ3v) is 4.45. The van der Waals surface area contributed by atoms with E-state index in [2.05, 4.69) is 6.08 Å². The molecule has 2 fully saturated rings. The third-order valence-electron chi connectivity index (χ3n) is 4.45. The van der Waals surface area contributed by atoms with E-state index >= 15 is 0 Å². The predicted molar refractivity (Wildman–Crippen MR) is 46.7 cm³/mol. The van der Waals surface area contributed by atoms with Crippen molar-refractivity contribution >= 4 is 5.78 Å². The minimum absolute atomic E-state index is 0.116. The summed E-state index contributed by atoms with van der Waals surface area (Å²) in [4.78, 5) is 11.7. The molecular formula is C11H14O. The van der Waals surface area contributed by atoms with E-state index in [0.717, 1.165) is 0 Å². The molecule has 64 valence electrons. The maximum absolute atomic E-state index is 11.7. The molecule has 0 aliphatic heterocycles. The molecule has 12 heavy (non-hydrogen) atoms. The van der Waals surface area contributed by atoms with Crippen molar-refractivity contribution in [1.82, 2.24) is 0 Å². The molecule has 0 amide bonds. The summed E-state index contributed by atoms with van der Waals surface area (Å²) in [5, 5.41) is 0. The summed E-state index contributed by atoms with van der Waals surface area (Å²) in [6.45, 7) is 0. The zero-order valence-electron chi connectivity index (χ0n) is 7.31. The van der Waals surface area contributed by atoms with E-state index in [9.17, 15) is 4.79 Å². The molecule has 0 unspecified atom stereocenters. The van der Waals surface area contributed by atoms with Crippen LogP contribution in [-0.4, -0.2) is 5.78 Å². The number of rotatable bonds is 0. The van der Waals surface area contributed by atoms with Crippen molar-refractivity contribution in [2.45, 2.75) is 38.5 Å². The maximum Gasteiger partial charge on any atom is 0.162 e. The molecule has 1 nitrogen and oxygen atoms in total. The highest BCUT2D eigenvalue weighted by Gasteiger charge is 2.63. The van der Waals surface area contributed by atoms with Gasteiger partial charge < -0.3 is 0 Å². The minimum Gasteiger partial charge on any atom is -0.294 e. The Labute approximate surface area is 72.8 Å². The molecule has 0 saturated heterocycles. The fourth-order valence-electron chi connectivity index (χ4n) is 3.57. The summed E-state index contributed by atoms with van der Waals surface area (Å²) in [6, 6.07) is 0. The van der Waals surface area contributed by atoms with Crippen molar-refractivity contribution in [2.75, 3.05) is 0 Å². The summed E-state index contributed by atoms with van der Waals surface area (Å²) < 4.78 is 0. The Morgan fingerprint density at radius 1 is 1.08 bits per heavy atom. The van der Waals surface area contributed by atoms with Crippen LogP contribution in [0.25, 0.3) is 0 Å². The van der Waals surface area contributed by atoms with Crippen molar-refractivity contribution in [3.05, 3.63) is 12.2 Å². The molecule has 0 radical (unpaired) electrons. The van der Waals surface area contributed by atoms with Gasteiger partial charge in [-0.25, -0.2) is 0 Å². The van der Waals surface area contributed by atoms with Crippen LogP contribution in [0, 0.1) is 10.8 Å². The average molecular weight is 162 g/mol. The number of hydrogen-bond acceptors (Lipinski definition) is 1. The Kier molecular flexibility index (Phi) is 1.05. The quantitative estimate of drug-likeness (QED) is 0.534. The van der Waals surface area contributed by atoms with E-state index in [1.165, 1.54) is 38.5 Å². The van der Waals surface area contributed by atoms with Crippen molar-refractivity contribution in [2.24, 2.45) is 10.8 Å². The second-order valence-corrected chi connectivity index (χ2v) is 4.64. The van der Waals surface area contributed by atoms with Crippen molar-refractivity contribution in [1.29, 1.82) is 0 Å². The zero-order chi connectivity index (χ0) is 8.23. The third kappa shape index (κ3) is 0.502. The van der Waals surface area contributed by atoms with Gasteiger partial charge in [-0.3, -0.25) is 4.79 Å². The Bertz CT molecular complexity index is 279. The first-order valence-corrected chi connectivity index (χ1v) is 5.03. The number of carbonyl (C=O) groups excluding carboxylic acids is 1. The fourth-order valence-corrected chi connectivity index (χ4v) is 3.57. The molecule has 0 aromatic carbocycles. The lowest BCUT2D eigenvalue weighted by Gasteiger charge is -2.57. The number of hydrogen-bond donors (Lipinski definition) is 0. The van der Waals surface area contributed by atoms with Gasteiger partial charge in [0.15, 0.2) is 5.78 Å². The second-order valence-electron chi connectivity index (χ2n) is 4.64. The highest BCUT2D eigenvalue weighted by Crippen LogP contribution is 2.68. The van der Waals surface area contributed by atoms with E-state index in [-0.39, 0.29) is 5.41 Å². The molecule has 1 heteroatoms. The molecule has 0 N–H and O–H groups in total. The highest BCUT2D eigenvalue weighted by molar-refractivity contribution is 5.99. The van der Waals surface area contributed by atoms with Gasteiger partial charge in [-0.15, -0.1) is 0 Å². The first-order chi connectivity index (χ1) is 5.79. The molecule has 0 bridgehead atoms. The normalized spacial score (nSPS) is 49.8. The summed E-state index contributed by atoms with van der Waals surface area (Å²) in [6.07, 6.45) is 11.6. The van der Waals surface area contributed by atoms with E-state index in [4.69, 9.17) is 0 Å². The monoisotopic (exact) mass is 162 g/mol. The standard InChI is InChI=1S/C11H14O/c12-9-3-6-10-4-1-2-5-11(9,10)8-7-10/h3,6H,1-2,4-5,7-8H2/t10-,11-/m1/s1. The summed E-state index contributed by atoms with van der Waals surface area (Å²) >= 11 is 0. The van der Waals surface area contributed by atoms with Gasteiger partial charge in [0, 0.05) is 10.8 Å². The molecule has 0 aromatic rings. The topological polar surface area (TPSA) is 17.1 Å². The van der Waals surface area contributed by atoms with Crippen LogP contribution in [0.4, 0.5) is 0 Å². The van der Waals surface area contributed by atoms with E-state index in [1.54, 1.807) is 0 Å². The van der Waals surface area contributed by atoms with Crippen LogP contribution in [0.3, 0.4) is 0 Å². The van der Waals surface area contributed by atoms with Gasteiger partial charge in [-0.2, -0.15) is 0 Å². The Morgan fingerprint density at radius 3 is 2.58 bits per heavy atom. The van der Waals surface area contributed by atoms with Crippen molar-refractivity contribution in [3.8, 4) is 0 Å². The van der Waals surface area contributed by atoms with Crippen LogP contribution < -0.4 is 0 Å². The molecular weight excluding hydrogens is 148 g/mol. The van der Waals surface area contributed by atoms with Crippen molar-refractivity contribution < 1.29 is 4.79 Å². The Morgan fingerprint density at radius 2 is 1.92 bits per heavy atom. The lowest BCUT2D eigenvalue weighted by molar-refractivity contribution is -0.144. The SMILES string of the molecule is O=C1C=C[C@@]23CCCC[C@@]12CC3. The van der Waals surface area contributed by atoms with Crippen LogP contribution in [0.15, 0.2) is 12.2 Å². The second kappa shape index (κ2) is 1.84. The minimum atomic E-state index is 0.116. The number of allylic oxidation sites excluding steroid dienone is 2. The molecule has 0 heterocycles. The average Bonchev–Trinajstić information content (AvgIpc) is 2.27. The Hall–Kier alpha value is -0.590. The van der Waals surface area contributed by atoms with Gasteiger partial charge in [0.2, 0.25) is 0 Å². The largest absolute Gasteiger partial charge is 0.294 e. The predicted octanol–water partition coefficient (Wildman–Crippen LogP) is 2.47. The van der Waals surface area contributed by atoms with Crippen LogP contribution in [-0.2, 0) is 4.79 Å². The van der Waals surface area contributed by atoms with Gasteiger partial charge in [0.25, 0.3) is 0 Å². The van der Waals surface area contributed by atoms with Crippen LogP contribution >= 0.6 is 0 Å². The maximum atomic E-state index is 11.7.